The zero-order valence-electron chi connectivity index (χ0n) is 16.4. The molecule has 0 fully saturated rings. The summed E-state index contributed by atoms with van der Waals surface area (Å²) < 4.78 is 0. The molecule has 0 saturated heterocycles. The maximum Gasteiger partial charge on any atom is -0.0771 e. The molecule has 0 heterocycles. The summed E-state index contributed by atoms with van der Waals surface area (Å²) in [5.74, 6) is 0. The van der Waals surface area contributed by atoms with Crippen molar-refractivity contribution in [3.8, 4) is 0 Å². The molecule has 152 valence electrons. The number of benzene rings is 2. The molecule has 1 aliphatic carbocycles. The SMILES string of the molecule is Cl.Cl.OCCCC1=[C-]CC=C1.[CH3-].[CH3-].[Si]=[Zr].c1ccc2c(c1)[cH-]c1ccccc12. The normalized spacial score (nSPS) is 10.5. The van der Waals surface area contributed by atoms with Crippen molar-refractivity contribution in [1.29, 1.82) is 0 Å². The van der Waals surface area contributed by atoms with Crippen LogP contribution in [0, 0.1) is 20.9 Å². The molecular weight excluding hydrogens is 482 g/mol. The Balaban J connectivity index is -0.000000378. The summed E-state index contributed by atoms with van der Waals surface area (Å²) in [6.07, 6.45) is 10.2. The Morgan fingerprint density at radius 3 is 1.86 bits per heavy atom. The van der Waals surface area contributed by atoms with Crippen LogP contribution in [0.4, 0.5) is 0 Å². The molecule has 2 radical (unpaired) electrons. The van der Waals surface area contributed by atoms with Gasteiger partial charge in [-0.05, 0) is 6.42 Å². The molecule has 0 aliphatic heterocycles. The van der Waals surface area contributed by atoms with Crippen LogP contribution in [0.2, 0.25) is 0 Å². The summed E-state index contributed by atoms with van der Waals surface area (Å²) >= 11 is 1.36. The first kappa shape index (κ1) is 32.1. The second kappa shape index (κ2) is 18.5. The number of fused-ring (bicyclic) bond motifs is 3. The van der Waals surface area contributed by atoms with Gasteiger partial charge in [-0.25, -0.2) is 11.6 Å². The van der Waals surface area contributed by atoms with E-state index in [2.05, 4.69) is 79.7 Å². The van der Waals surface area contributed by atoms with E-state index in [0.717, 1.165) is 19.3 Å². The first-order valence-corrected chi connectivity index (χ1v) is 12.2. The number of hydrogen-bond donors (Lipinski definition) is 1. The van der Waals surface area contributed by atoms with Crippen molar-refractivity contribution in [3.05, 3.63) is 93.3 Å². The molecule has 0 amide bonds. The number of aliphatic hydroxyl groups excluding tert-OH is 1. The minimum Gasteiger partial charge on any atom is -0.126 e. The van der Waals surface area contributed by atoms with Crippen LogP contribution in [0.5, 0.6) is 0 Å². The molecule has 0 bridgehead atoms. The molecule has 3 aromatic carbocycles. The van der Waals surface area contributed by atoms with Crippen LogP contribution in [-0.4, -0.2) is 18.6 Å². The van der Waals surface area contributed by atoms with Gasteiger partial charge in [0.2, 0.25) is 0 Å². The second-order valence-corrected chi connectivity index (χ2v) is 5.45. The molecule has 3 aromatic rings. The Labute approximate surface area is 199 Å². The zero-order chi connectivity index (χ0) is 17.2. The largest absolute Gasteiger partial charge is 0.126 e. The average Bonchev–Trinajstić information content (AvgIpc) is 3.29. The van der Waals surface area contributed by atoms with Crippen molar-refractivity contribution in [2.24, 2.45) is 0 Å². The third-order valence-corrected chi connectivity index (χ3v) is 3.89. The Kier molecular flexibility index (Phi) is 21.2. The van der Waals surface area contributed by atoms with Crippen LogP contribution in [0.3, 0.4) is 0 Å². The minimum atomic E-state index is 0. The summed E-state index contributed by atoms with van der Waals surface area (Å²) in [5.41, 5.74) is 1.25. The van der Waals surface area contributed by atoms with E-state index in [1.807, 2.05) is 0 Å². The fraction of sp³-hybridized carbons (Fsp3) is 0.174. The summed E-state index contributed by atoms with van der Waals surface area (Å²) in [4.78, 5) is 0. The van der Waals surface area contributed by atoms with E-state index in [-0.39, 0.29) is 39.7 Å². The van der Waals surface area contributed by atoms with Crippen molar-refractivity contribution in [2.75, 3.05) is 6.61 Å². The van der Waals surface area contributed by atoms with Gasteiger partial charge in [0.25, 0.3) is 0 Å². The van der Waals surface area contributed by atoms with Gasteiger partial charge in [0, 0.05) is 6.61 Å². The van der Waals surface area contributed by atoms with Crippen molar-refractivity contribution in [3.63, 3.8) is 0 Å². The van der Waals surface area contributed by atoms with Gasteiger partial charge in [0.05, 0.1) is 0 Å². The van der Waals surface area contributed by atoms with Gasteiger partial charge in [-0.2, -0.15) is 6.08 Å². The molecule has 0 saturated carbocycles. The molecule has 1 aliphatic rings. The molecule has 28 heavy (non-hydrogen) atoms. The van der Waals surface area contributed by atoms with Gasteiger partial charge in [-0.15, -0.1) is 71.0 Å². The maximum atomic E-state index is 8.46. The Hall–Kier alpha value is -0.570. The monoisotopic (exact) mass is 508 g/mol. The van der Waals surface area contributed by atoms with Gasteiger partial charge in [0.1, 0.15) is 0 Å². The first-order valence-electron chi connectivity index (χ1n) is 8.04. The van der Waals surface area contributed by atoms with Gasteiger partial charge in [-0.1, -0.05) is 42.8 Å². The van der Waals surface area contributed by atoms with E-state index in [1.54, 1.807) is 0 Å². The number of hydrogen-bond acceptors (Lipinski definition) is 1. The Morgan fingerprint density at radius 1 is 0.929 bits per heavy atom. The number of aliphatic hydroxyl groups is 1. The van der Waals surface area contributed by atoms with Crippen molar-refractivity contribution in [1.82, 2.24) is 0 Å². The first-order chi connectivity index (χ1) is 11.9. The second-order valence-electron chi connectivity index (χ2n) is 5.45. The molecular formula is C23H28Cl2OSiZr-4. The van der Waals surface area contributed by atoms with Gasteiger partial charge in [0.15, 0.2) is 0 Å². The molecule has 1 N–H and O–H groups in total. The molecule has 1 nitrogen and oxygen atoms in total. The molecule has 5 heteroatoms. The Bertz CT molecular complexity index is 792. The number of rotatable bonds is 3. The molecule has 0 atom stereocenters. The van der Waals surface area contributed by atoms with Crippen LogP contribution in [-0.2, 0) is 23.3 Å². The van der Waals surface area contributed by atoms with E-state index in [0.29, 0.717) is 6.61 Å². The fourth-order valence-electron chi connectivity index (χ4n) is 2.80. The zero-order valence-corrected chi connectivity index (χ0v) is 21.5. The molecule has 0 unspecified atom stereocenters. The van der Waals surface area contributed by atoms with Crippen LogP contribution in [0.25, 0.3) is 21.5 Å². The molecule has 4 rings (SSSR count). The minimum absolute atomic E-state index is 0. The fourth-order valence-corrected chi connectivity index (χ4v) is 2.80. The molecule has 0 spiro atoms. The number of allylic oxidation sites excluding steroid dienone is 4. The third-order valence-electron chi connectivity index (χ3n) is 3.89. The van der Waals surface area contributed by atoms with Crippen molar-refractivity contribution < 1.29 is 28.4 Å². The van der Waals surface area contributed by atoms with E-state index in [1.165, 1.54) is 50.5 Å². The number of halogens is 2. The van der Waals surface area contributed by atoms with Crippen LogP contribution < -0.4 is 0 Å². The van der Waals surface area contributed by atoms with Crippen molar-refractivity contribution >= 4 is 53.2 Å². The summed E-state index contributed by atoms with van der Waals surface area (Å²) in [6, 6.07) is 19.3. The summed E-state index contributed by atoms with van der Waals surface area (Å²) in [5, 5.41) is 13.9. The van der Waals surface area contributed by atoms with Gasteiger partial charge in [-0.3, -0.25) is 6.08 Å². The topological polar surface area (TPSA) is 20.2 Å². The van der Waals surface area contributed by atoms with Gasteiger partial charge >= 0.3 is 30.2 Å². The van der Waals surface area contributed by atoms with E-state index < -0.39 is 0 Å². The van der Waals surface area contributed by atoms with E-state index in [4.69, 9.17) is 5.11 Å². The quantitative estimate of drug-likeness (QED) is 0.314. The van der Waals surface area contributed by atoms with Gasteiger partial charge < -0.3 is 20.0 Å². The Morgan fingerprint density at radius 2 is 1.43 bits per heavy atom. The molecule has 0 aromatic heterocycles. The van der Waals surface area contributed by atoms with Crippen LogP contribution >= 0.6 is 24.8 Å². The maximum absolute atomic E-state index is 8.46. The van der Waals surface area contributed by atoms with Crippen molar-refractivity contribution in [2.45, 2.75) is 19.3 Å². The van der Waals surface area contributed by atoms with Crippen LogP contribution in [0.1, 0.15) is 19.3 Å². The van der Waals surface area contributed by atoms with E-state index in [9.17, 15) is 0 Å². The summed E-state index contributed by atoms with van der Waals surface area (Å²) in [7, 11) is 0. The predicted molar refractivity (Wildman–Crippen MR) is 127 cm³/mol. The standard InChI is InChI=1S/C13H9.C8H11O.2CH3.2ClH.Si.Zr/c1-3-7-12-10(5-1)9-11-6-2-4-8-13(11)12;9-7-3-6-8-4-1-2-5-8;;;;;;/h1-9H;1,4,9H,2-3,6-7H2;2*1H3;2*1H;;/q4*-1;;;;. The smallest absolute Gasteiger partial charge is 0.0771 e. The third kappa shape index (κ3) is 9.29. The summed E-state index contributed by atoms with van der Waals surface area (Å²) in [6.45, 7) is 3.35. The van der Waals surface area contributed by atoms with Crippen LogP contribution in [0.15, 0.2) is 72.3 Å². The van der Waals surface area contributed by atoms with E-state index >= 15 is 0 Å². The predicted octanol–water partition coefficient (Wildman–Crippen LogP) is 6.52. The average molecular weight is 511 g/mol.